The first kappa shape index (κ1) is 16.2. The fourth-order valence-corrected chi connectivity index (χ4v) is 2.48. The molecule has 0 atom stereocenters. The lowest BCUT2D eigenvalue weighted by atomic mass is 10.2. The SMILES string of the molecule is Cc1c(Cl)cccc1NC(=O)CCNc1ncnc2onc(C)c12. The van der Waals surface area contributed by atoms with Crippen molar-refractivity contribution in [2.75, 3.05) is 17.2 Å². The van der Waals surface area contributed by atoms with E-state index in [1.54, 1.807) is 12.1 Å². The van der Waals surface area contributed by atoms with Gasteiger partial charge in [0.05, 0.1) is 5.69 Å². The van der Waals surface area contributed by atoms with Crippen LogP contribution in [0.25, 0.3) is 11.1 Å². The predicted octanol–water partition coefficient (Wildman–Crippen LogP) is 3.33. The summed E-state index contributed by atoms with van der Waals surface area (Å²) in [4.78, 5) is 20.3. The first-order valence-electron chi connectivity index (χ1n) is 7.42. The number of anilines is 2. The van der Waals surface area contributed by atoms with Gasteiger partial charge in [-0.25, -0.2) is 4.98 Å². The lowest BCUT2D eigenvalue weighted by Crippen LogP contribution is -2.17. The number of carbonyl (C=O) groups is 1. The van der Waals surface area contributed by atoms with Gasteiger partial charge in [0.1, 0.15) is 17.5 Å². The highest BCUT2D eigenvalue weighted by molar-refractivity contribution is 6.31. The molecule has 0 radical (unpaired) electrons. The van der Waals surface area contributed by atoms with E-state index in [-0.39, 0.29) is 12.3 Å². The first-order valence-corrected chi connectivity index (χ1v) is 7.80. The molecule has 0 aliphatic heterocycles. The van der Waals surface area contributed by atoms with Gasteiger partial charge < -0.3 is 15.2 Å². The van der Waals surface area contributed by atoms with Gasteiger partial charge in [0, 0.05) is 23.7 Å². The number of hydrogen-bond acceptors (Lipinski definition) is 6. The van der Waals surface area contributed by atoms with Gasteiger partial charge in [-0.1, -0.05) is 22.8 Å². The molecule has 3 aromatic rings. The summed E-state index contributed by atoms with van der Waals surface area (Å²) < 4.78 is 5.09. The minimum Gasteiger partial charge on any atom is -0.369 e. The molecule has 0 saturated heterocycles. The second-order valence-electron chi connectivity index (χ2n) is 5.31. The third-order valence-corrected chi connectivity index (χ3v) is 4.04. The van der Waals surface area contributed by atoms with Crippen molar-refractivity contribution in [3.63, 3.8) is 0 Å². The number of nitrogens with zero attached hydrogens (tertiary/aromatic N) is 3. The number of amides is 1. The summed E-state index contributed by atoms with van der Waals surface area (Å²) in [6.45, 7) is 4.10. The average molecular weight is 346 g/mol. The van der Waals surface area contributed by atoms with Crippen LogP contribution in [0.1, 0.15) is 17.7 Å². The standard InChI is InChI=1S/C16H16ClN5O2/c1-9-11(17)4-3-5-12(9)21-13(23)6-7-18-15-14-10(2)22-24-16(14)20-8-19-15/h3-5,8H,6-7H2,1-2H3,(H,21,23)(H,18,19,20). The van der Waals surface area contributed by atoms with Crippen LogP contribution in [0, 0.1) is 13.8 Å². The fraction of sp³-hybridized carbons (Fsp3) is 0.250. The van der Waals surface area contributed by atoms with Crippen LogP contribution in [0.5, 0.6) is 0 Å². The summed E-state index contributed by atoms with van der Waals surface area (Å²) in [5.74, 6) is 0.491. The second-order valence-corrected chi connectivity index (χ2v) is 5.71. The lowest BCUT2D eigenvalue weighted by molar-refractivity contribution is -0.115. The molecule has 0 bridgehead atoms. The number of nitrogens with one attached hydrogen (secondary N) is 2. The summed E-state index contributed by atoms with van der Waals surface area (Å²) in [6, 6.07) is 5.41. The number of fused-ring (bicyclic) bond motifs is 1. The molecule has 1 aromatic carbocycles. The zero-order chi connectivity index (χ0) is 17.1. The molecular formula is C16H16ClN5O2. The largest absolute Gasteiger partial charge is 0.369 e. The number of carbonyl (C=O) groups excluding carboxylic acids is 1. The van der Waals surface area contributed by atoms with Crippen molar-refractivity contribution in [2.45, 2.75) is 20.3 Å². The molecule has 0 spiro atoms. The van der Waals surface area contributed by atoms with Crippen LogP contribution in [-0.2, 0) is 4.79 Å². The maximum Gasteiger partial charge on any atom is 0.263 e. The van der Waals surface area contributed by atoms with E-state index in [2.05, 4.69) is 25.8 Å². The van der Waals surface area contributed by atoms with E-state index in [4.69, 9.17) is 16.1 Å². The zero-order valence-corrected chi connectivity index (χ0v) is 14.0. The molecule has 2 heterocycles. The fourth-order valence-electron chi connectivity index (χ4n) is 2.31. The van der Waals surface area contributed by atoms with Crippen LogP contribution in [0.2, 0.25) is 5.02 Å². The molecular weight excluding hydrogens is 330 g/mol. The van der Waals surface area contributed by atoms with E-state index in [0.717, 1.165) is 10.9 Å². The Morgan fingerprint density at radius 3 is 2.96 bits per heavy atom. The molecule has 124 valence electrons. The van der Waals surface area contributed by atoms with Gasteiger partial charge in [-0.2, -0.15) is 4.98 Å². The Morgan fingerprint density at radius 2 is 2.12 bits per heavy atom. The number of aromatic nitrogens is 3. The van der Waals surface area contributed by atoms with Gasteiger partial charge >= 0.3 is 0 Å². The van der Waals surface area contributed by atoms with E-state index in [1.165, 1.54) is 6.33 Å². The van der Waals surface area contributed by atoms with Crippen LogP contribution < -0.4 is 10.6 Å². The molecule has 1 amide bonds. The molecule has 0 fully saturated rings. The third kappa shape index (κ3) is 3.30. The Morgan fingerprint density at radius 1 is 1.29 bits per heavy atom. The monoisotopic (exact) mass is 345 g/mol. The molecule has 7 nitrogen and oxygen atoms in total. The summed E-state index contributed by atoms with van der Waals surface area (Å²) in [6.07, 6.45) is 1.67. The van der Waals surface area contributed by atoms with Crippen molar-refractivity contribution in [1.29, 1.82) is 0 Å². The Balaban J connectivity index is 1.61. The quantitative estimate of drug-likeness (QED) is 0.736. The first-order chi connectivity index (χ1) is 11.6. The van der Waals surface area contributed by atoms with E-state index < -0.39 is 0 Å². The molecule has 0 saturated carbocycles. The van der Waals surface area contributed by atoms with Gasteiger partial charge in [0.2, 0.25) is 5.91 Å². The van der Waals surface area contributed by atoms with Gasteiger partial charge in [-0.15, -0.1) is 0 Å². The van der Waals surface area contributed by atoms with Gasteiger partial charge in [0.15, 0.2) is 0 Å². The Kier molecular flexibility index (Phi) is 4.61. The number of halogens is 1. The smallest absolute Gasteiger partial charge is 0.263 e. The predicted molar refractivity (Wildman–Crippen MR) is 92.3 cm³/mol. The van der Waals surface area contributed by atoms with Crippen LogP contribution in [0.15, 0.2) is 29.0 Å². The molecule has 24 heavy (non-hydrogen) atoms. The van der Waals surface area contributed by atoms with Crippen LogP contribution >= 0.6 is 11.6 Å². The number of benzene rings is 1. The average Bonchev–Trinajstić information content (AvgIpc) is 2.94. The van der Waals surface area contributed by atoms with E-state index in [0.29, 0.717) is 34.5 Å². The van der Waals surface area contributed by atoms with Crippen LogP contribution in [0.4, 0.5) is 11.5 Å². The highest BCUT2D eigenvalue weighted by Crippen LogP contribution is 2.24. The second kappa shape index (κ2) is 6.84. The van der Waals surface area contributed by atoms with Crippen molar-refractivity contribution in [3.05, 3.63) is 40.8 Å². The number of hydrogen-bond donors (Lipinski definition) is 2. The highest BCUT2D eigenvalue weighted by atomic mass is 35.5. The van der Waals surface area contributed by atoms with Crippen molar-refractivity contribution in [2.24, 2.45) is 0 Å². The minimum atomic E-state index is -0.111. The van der Waals surface area contributed by atoms with E-state index in [9.17, 15) is 4.79 Å². The molecule has 0 aliphatic carbocycles. The van der Waals surface area contributed by atoms with Crippen LogP contribution in [-0.4, -0.2) is 27.6 Å². The van der Waals surface area contributed by atoms with Crippen molar-refractivity contribution >= 4 is 40.1 Å². The number of rotatable bonds is 5. The normalized spacial score (nSPS) is 10.8. The molecule has 2 N–H and O–H groups in total. The maximum atomic E-state index is 12.1. The van der Waals surface area contributed by atoms with Gasteiger partial charge in [0.25, 0.3) is 5.71 Å². The molecule has 3 rings (SSSR count). The summed E-state index contributed by atoms with van der Waals surface area (Å²) >= 11 is 6.05. The van der Waals surface area contributed by atoms with E-state index in [1.807, 2.05) is 19.9 Å². The van der Waals surface area contributed by atoms with Crippen molar-refractivity contribution < 1.29 is 9.32 Å². The Bertz CT molecular complexity index is 893. The lowest BCUT2D eigenvalue weighted by Gasteiger charge is -2.10. The molecule has 2 aromatic heterocycles. The van der Waals surface area contributed by atoms with Gasteiger partial charge in [-0.05, 0) is 31.5 Å². The maximum absolute atomic E-state index is 12.1. The topological polar surface area (TPSA) is 92.9 Å². The van der Waals surface area contributed by atoms with Crippen molar-refractivity contribution in [1.82, 2.24) is 15.1 Å². The van der Waals surface area contributed by atoms with Crippen LogP contribution in [0.3, 0.4) is 0 Å². The molecule has 0 unspecified atom stereocenters. The Labute approximate surface area is 143 Å². The summed E-state index contributed by atoms with van der Waals surface area (Å²) in [5, 5.41) is 11.2. The molecule has 0 aliphatic rings. The highest BCUT2D eigenvalue weighted by Gasteiger charge is 2.12. The summed E-state index contributed by atoms with van der Waals surface area (Å²) in [5.41, 5.74) is 2.68. The minimum absolute atomic E-state index is 0.111. The third-order valence-electron chi connectivity index (χ3n) is 3.63. The number of aryl methyl sites for hydroxylation is 1. The zero-order valence-electron chi connectivity index (χ0n) is 13.3. The van der Waals surface area contributed by atoms with Crippen molar-refractivity contribution in [3.8, 4) is 0 Å². The van der Waals surface area contributed by atoms with Gasteiger partial charge in [-0.3, -0.25) is 4.79 Å². The summed E-state index contributed by atoms with van der Waals surface area (Å²) in [7, 11) is 0. The Hall–Kier alpha value is -2.67. The van der Waals surface area contributed by atoms with E-state index >= 15 is 0 Å². The molecule has 8 heteroatoms.